The van der Waals surface area contributed by atoms with E-state index in [1.54, 1.807) is 0 Å². The van der Waals surface area contributed by atoms with Crippen LogP contribution in [0.2, 0.25) is 0 Å². The third-order valence-corrected chi connectivity index (χ3v) is 2.96. The topological polar surface area (TPSA) is 32.3 Å². The molecule has 0 spiro atoms. The van der Waals surface area contributed by atoms with Crippen molar-refractivity contribution >= 4 is 0 Å². The van der Waals surface area contributed by atoms with Crippen molar-refractivity contribution in [2.24, 2.45) is 11.8 Å². The van der Waals surface area contributed by atoms with Crippen LogP contribution in [0, 0.1) is 11.8 Å². The molecular formula is C8H15NO. The molecule has 3 atom stereocenters. The van der Waals surface area contributed by atoms with Crippen molar-refractivity contribution in [3.63, 3.8) is 0 Å². The maximum absolute atomic E-state index is 9.54. The lowest BCUT2D eigenvalue weighted by atomic mass is 9.80. The number of rotatable bonds is 0. The van der Waals surface area contributed by atoms with Gasteiger partial charge in [0.05, 0.1) is 6.10 Å². The van der Waals surface area contributed by atoms with E-state index >= 15 is 0 Å². The van der Waals surface area contributed by atoms with Gasteiger partial charge in [-0.2, -0.15) is 0 Å². The Balaban J connectivity index is 2.03. The summed E-state index contributed by atoms with van der Waals surface area (Å²) in [4.78, 5) is 0. The Labute approximate surface area is 61.6 Å². The molecule has 2 fully saturated rings. The van der Waals surface area contributed by atoms with Crippen molar-refractivity contribution in [1.29, 1.82) is 0 Å². The molecule has 58 valence electrons. The zero-order valence-corrected chi connectivity index (χ0v) is 6.21. The summed E-state index contributed by atoms with van der Waals surface area (Å²) >= 11 is 0. The lowest BCUT2D eigenvalue weighted by molar-refractivity contribution is 0.0563. The lowest BCUT2D eigenvalue weighted by Gasteiger charge is -2.28. The van der Waals surface area contributed by atoms with Crippen molar-refractivity contribution in [1.82, 2.24) is 5.32 Å². The number of hydrogen-bond acceptors (Lipinski definition) is 2. The molecule has 1 heterocycles. The minimum atomic E-state index is -0.00579. The first-order valence-corrected chi connectivity index (χ1v) is 4.26. The van der Waals surface area contributed by atoms with E-state index in [1.807, 2.05) is 0 Å². The monoisotopic (exact) mass is 141 g/mol. The largest absolute Gasteiger partial charge is 0.393 e. The quantitative estimate of drug-likeness (QED) is 0.510. The van der Waals surface area contributed by atoms with Crippen LogP contribution in [0.25, 0.3) is 0 Å². The maximum Gasteiger partial charge on any atom is 0.0583 e. The zero-order chi connectivity index (χ0) is 6.97. The van der Waals surface area contributed by atoms with Crippen molar-refractivity contribution in [2.75, 3.05) is 13.1 Å². The molecule has 1 aliphatic carbocycles. The van der Waals surface area contributed by atoms with Crippen LogP contribution in [-0.2, 0) is 0 Å². The summed E-state index contributed by atoms with van der Waals surface area (Å²) in [7, 11) is 0. The average molecular weight is 141 g/mol. The van der Waals surface area contributed by atoms with Crippen LogP contribution in [0.4, 0.5) is 0 Å². The van der Waals surface area contributed by atoms with E-state index < -0.39 is 0 Å². The molecule has 2 aliphatic rings. The van der Waals surface area contributed by atoms with Gasteiger partial charge in [-0.25, -0.2) is 0 Å². The van der Waals surface area contributed by atoms with Gasteiger partial charge < -0.3 is 10.4 Å². The van der Waals surface area contributed by atoms with Crippen LogP contribution in [0.15, 0.2) is 0 Å². The van der Waals surface area contributed by atoms with E-state index in [1.165, 1.54) is 12.8 Å². The molecule has 0 aromatic heterocycles. The molecule has 10 heavy (non-hydrogen) atoms. The smallest absolute Gasteiger partial charge is 0.0583 e. The van der Waals surface area contributed by atoms with Gasteiger partial charge in [0.1, 0.15) is 0 Å². The molecule has 0 aromatic rings. The zero-order valence-electron chi connectivity index (χ0n) is 6.21. The molecule has 1 aliphatic heterocycles. The Morgan fingerprint density at radius 2 is 2.10 bits per heavy atom. The van der Waals surface area contributed by atoms with Crippen molar-refractivity contribution < 1.29 is 5.11 Å². The number of aliphatic hydroxyl groups is 1. The van der Waals surface area contributed by atoms with E-state index in [0.29, 0.717) is 5.92 Å². The van der Waals surface area contributed by atoms with Crippen molar-refractivity contribution in [3.8, 4) is 0 Å². The van der Waals surface area contributed by atoms with E-state index in [0.717, 1.165) is 25.4 Å². The highest BCUT2D eigenvalue weighted by molar-refractivity contribution is 4.89. The van der Waals surface area contributed by atoms with Gasteiger partial charge in [0.15, 0.2) is 0 Å². The van der Waals surface area contributed by atoms with Crippen LogP contribution in [0.5, 0.6) is 0 Å². The first-order chi connectivity index (χ1) is 4.88. The van der Waals surface area contributed by atoms with Crippen LogP contribution in [0.3, 0.4) is 0 Å². The molecule has 2 heteroatoms. The standard InChI is InChI=1S/C8H15NO/c10-8-3-1-2-6-4-9-5-7(6)8/h6-10H,1-5H2/t6-,7-,8-/m0/s1. The molecule has 0 bridgehead atoms. The first kappa shape index (κ1) is 6.62. The van der Waals surface area contributed by atoms with Gasteiger partial charge in [0.25, 0.3) is 0 Å². The average Bonchev–Trinajstić information content (AvgIpc) is 2.36. The molecule has 1 saturated carbocycles. The molecule has 0 radical (unpaired) electrons. The van der Waals surface area contributed by atoms with Crippen LogP contribution in [0.1, 0.15) is 19.3 Å². The molecule has 0 unspecified atom stereocenters. The number of hydrogen-bond donors (Lipinski definition) is 2. The second-order valence-electron chi connectivity index (χ2n) is 3.58. The Morgan fingerprint density at radius 1 is 1.20 bits per heavy atom. The van der Waals surface area contributed by atoms with E-state index in [2.05, 4.69) is 5.32 Å². The highest BCUT2D eigenvalue weighted by atomic mass is 16.3. The predicted octanol–water partition coefficient (Wildman–Crippen LogP) is 0.367. The molecular weight excluding hydrogens is 126 g/mol. The number of fused-ring (bicyclic) bond motifs is 1. The third-order valence-electron chi connectivity index (χ3n) is 2.96. The summed E-state index contributed by atoms with van der Waals surface area (Å²) in [5.41, 5.74) is 0. The fraction of sp³-hybridized carbons (Fsp3) is 1.00. The summed E-state index contributed by atoms with van der Waals surface area (Å²) in [5, 5.41) is 12.9. The summed E-state index contributed by atoms with van der Waals surface area (Å²) in [6.07, 6.45) is 3.58. The summed E-state index contributed by atoms with van der Waals surface area (Å²) in [6, 6.07) is 0. The maximum atomic E-state index is 9.54. The fourth-order valence-corrected chi connectivity index (χ4v) is 2.32. The molecule has 2 nitrogen and oxygen atoms in total. The molecule has 2 N–H and O–H groups in total. The van der Waals surface area contributed by atoms with Gasteiger partial charge in [-0.15, -0.1) is 0 Å². The summed E-state index contributed by atoms with van der Waals surface area (Å²) < 4.78 is 0. The number of aliphatic hydroxyl groups excluding tert-OH is 1. The van der Waals surface area contributed by atoms with Crippen molar-refractivity contribution in [2.45, 2.75) is 25.4 Å². The molecule has 0 amide bonds. The highest BCUT2D eigenvalue weighted by Gasteiger charge is 2.35. The second kappa shape index (κ2) is 2.51. The van der Waals surface area contributed by atoms with E-state index in [4.69, 9.17) is 0 Å². The number of nitrogens with one attached hydrogen (secondary N) is 1. The van der Waals surface area contributed by atoms with E-state index in [9.17, 15) is 5.11 Å². The van der Waals surface area contributed by atoms with Crippen LogP contribution in [-0.4, -0.2) is 24.3 Å². The van der Waals surface area contributed by atoms with Crippen LogP contribution >= 0.6 is 0 Å². The van der Waals surface area contributed by atoms with Gasteiger partial charge in [0, 0.05) is 12.5 Å². The summed E-state index contributed by atoms with van der Waals surface area (Å²) in [5.74, 6) is 1.36. The van der Waals surface area contributed by atoms with Gasteiger partial charge >= 0.3 is 0 Å². The van der Waals surface area contributed by atoms with Gasteiger partial charge in [-0.3, -0.25) is 0 Å². The summed E-state index contributed by atoms with van der Waals surface area (Å²) in [6.45, 7) is 2.19. The van der Waals surface area contributed by atoms with Gasteiger partial charge in [-0.1, -0.05) is 6.42 Å². The lowest BCUT2D eigenvalue weighted by Crippen LogP contribution is -2.31. The van der Waals surface area contributed by atoms with Gasteiger partial charge in [0.2, 0.25) is 0 Å². The van der Waals surface area contributed by atoms with Gasteiger partial charge in [-0.05, 0) is 25.3 Å². The minimum absolute atomic E-state index is 0.00579. The molecule has 0 aromatic carbocycles. The van der Waals surface area contributed by atoms with Crippen molar-refractivity contribution in [3.05, 3.63) is 0 Å². The SMILES string of the molecule is O[C@H]1CCC[C@H]2CNC[C@@H]21. The Morgan fingerprint density at radius 3 is 2.90 bits per heavy atom. The molecule has 2 rings (SSSR count). The minimum Gasteiger partial charge on any atom is -0.393 e. The Kier molecular flexibility index (Phi) is 1.66. The first-order valence-electron chi connectivity index (χ1n) is 4.26. The van der Waals surface area contributed by atoms with E-state index in [-0.39, 0.29) is 6.10 Å². The second-order valence-corrected chi connectivity index (χ2v) is 3.58. The Hall–Kier alpha value is -0.0800. The molecule has 1 saturated heterocycles. The predicted molar refractivity (Wildman–Crippen MR) is 39.7 cm³/mol. The fourth-order valence-electron chi connectivity index (χ4n) is 2.32. The third kappa shape index (κ3) is 0.956. The normalized spacial score (nSPS) is 47.1. The Bertz CT molecular complexity index is 126. The highest BCUT2D eigenvalue weighted by Crippen LogP contribution is 2.32. The van der Waals surface area contributed by atoms with Crippen LogP contribution < -0.4 is 5.32 Å².